The smallest absolute Gasteiger partial charge is 0.262 e. The maximum absolute atomic E-state index is 12.6. The number of amides is 1. The second-order valence-corrected chi connectivity index (χ2v) is 8.04. The van der Waals surface area contributed by atoms with Gasteiger partial charge in [0.2, 0.25) is 0 Å². The number of thiophene rings is 1. The Labute approximate surface area is 150 Å². The molecule has 2 rings (SSSR count). The second kappa shape index (κ2) is 7.52. The van der Waals surface area contributed by atoms with Gasteiger partial charge in [0.25, 0.3) is 15.9 Å². The molecular weight excluding hydrogens is 372 g/mol. The van der Waals surface area contributed by atoms with E-state index in [9.17, 15) is 13.2 Å². The maximum atomic E-state index is 12.6. The third-order valence-corrected chi connectivity index (χ3v) is 6.27. The molecule has 2 aromatic rings. The van der Waals surface area contributed by atoms with Crippen LogP contribution in [0.1, 0.15) is 10.4 Å². The monoisotopic (exact) mass is 388 g/mol. The van der Waals surface area contributed by atoms with Crippen LogP contribution in [-0.2, 0) is 26.1 Å². The molecule has 6 nitrogen and oxygen atoms in total. The molecule has 0 bridgehead atoms. The highest BCUT2D eigenvalue weighted by Gasteiger charge is 2.21. The van der Waals surface area contributed by atoms with Gasteiger partial charge in [0.05, 0.1) is 24.1 Å². The lowest BCUT2D eigenvalue weighted by Crippen LogP contribution is -2.27. The van der Waals surface area contributed by atoms with Gasteiger partial charge in [0.15, 0.2) is 0 Å². The van der Waals surface area contributed by atoms with E-state index >= 15 is 0 Å². The average molecular weight is 389 g/mol. The number of hydroxylamine groups is 2. The lowest BCUT2D eigenvalue weighted by molar-refractivity contribution is -0.167. The van der Waals surface area contributed by atoms with Gasteiger partial charge in [0.1, 0.15) is 0 Å². The van der Waals surface area contributed by atoms with Crippen molar-refractivity contribution in [2.24, 2.45) is 0 Å². The van der Waals surface area contributed by atoms with E-state index in [-0.39, 0.29) is 17.2 Å². The lowest BCUT2D eigenvalue weighted by atomic mass is 10.2. The van der Waals surface area contributed by atoms with E-state index in [2.05, 4.69) is 4.72 Å². The van der Waals surface area contributed by atoms with Crippen molar-refractivity contribution in [2.45, 2.75) is 18.2 Å². The largest absolute Gasteiger partial charge is 0.278 e. The molecule has 0 aliphatic rings. The number of hydrogen-bond acceptors (Lipinski definition) is 5. The molecule has 1 aromatic carbocycles. The van der Waals surface area contributed by atoms with Crippen LogP contribution in [0.3, 0.4) is 0 Å². The van der Waals surface area contributed by atoms with Crippen LogP contribution < -0.4 is 4.72 Å². The molecular formula is C15H17ClN2O4S2. The molecule has 0 aliphatic carbocycles. The van der Waals surface area contributed by atoms with E-state index < -0.39 is 10.0 Å². The minimum atomic E-state index is -3.80. The zero-order chi connectivity index (χ0) is 17.9. The van der Waals surface area contributed by atoms with Gasteiger partial charge in [-0.1, -0.05) is 17.7 Å². The Morgan fingerprint density at radius 1 is 1.38 bits per heavy atom. The standard InChI is InChI=1S/C15H17ClN2O4S2/c1-10-11(16)5-4-6-14(10)24(20,21)17-12-7-8-23-13(12)9-15(19)18(2)22-3/h4-8,17H,9H2,1-3H3. The van der Waals surface area contributed by atoms with Gasteiger partial charge >= 0.3 is 0 Å². The molecule has 1 N–H and O–H groups in total. The van der Waals surface area contributed by atoms with E-state index in [1.54, 1.807) is 30.5 Å². The van der Waals surface area contributed by atoms with E-state index in [1.165, 1.54) is 31.6 Å². The summed E-state index contributed by atoms with van der Waals surface area (Å²) >= 11 is 7.29. The Balaban J connectivity index is 2.27. The molecule has 0 saturated heterocycles. The van der Waals surface area contributed by atoms with Crippen molar-refractivity contribution < 1.29 is 18.0 Å². The molecule has 130 valence electrons. The highest BCUT2D eigenvalue weighted by molar-refractivity contribution is 7.92. The summed E-state index contributed by atoms with van der Waals surface area (Å²) in [5.41, 5.74) is 0.843. The molecule has 0 saturated carbocycles. The average Bonchev–Trinajstić information content (AvgIpc) is 2.95. The predicted molar refractivity (Wildman–Crippen MR) is 94.8 cm³/mol. The lowest BCUT2D eigenvalue weighted by Gasteiger charge is -2.14. The molecule has 1 amide bonds. The number of carbonyl (C=O) groups excluding carboxylic acids is 1. The van der Waals surface area contributed by atoms with Crippen molar-refractivity contribution in [1.82, 2.24) is 5.06 Å². The molecule has 1 heterocycles. The van der Waals surface area contributed by atoms with E-state index in [0.717, 1.165) is 5.06 Å². The number of hydrogen-bond donors (Lipinski definition) is 1. The van der Waals surface area contributed by atoms with Crippen LogP contribution in [0.5, 0.6) is 0 Å². The number of nitrogens with zero attached hydrogens (tertiary/aromatic N) is 1. The third-order valence-electron chi connectivity index (χ3n) is 3.43. The maximum Gasteiger partial charge on any atom is 0.262 e. The molecule has 1 aromatic heterocycles. The van der Waals surface area contributed by atoms with Crippen LogP contribution in [-0.4, -0.2) is 33.5 Å². The van der Waals surface area contributed by atoms with Crippen molar-refractivity contribution in [1.29, 1.82) is 0 Å². The van der Waals surface area contributed by atoms with Crippen molar-refractivity contribution in [3.63, 3.8) is 0 Å². The first-order chi connectivity index (χ1) is 11.3. The minimum absolute atomic E-state index is 0.0361. The van der Waals surface area contributed by atoms with Gasteiger partial charge in [-0.3, -0.25) is 14.4 Å². The highest BCUT2D eigenvalue weighted by atomic mass is 35.5. The molecule has 24 heavy (non-hydrogen) atoms. The van der Waals surface area contributed by atoms with E-state index in [1.807, 2.05) is 0 Å². The van der Waals surface area contributed by atoms with Gasteiger partial charge in [-0.15, -0.1) is 11.3 Å². The van der Waals surface area contributed by atoms with Crippen LogP contribution in [0.4, 0.5) is 5.69 Å². The van der Waals surface area contributed by atoms with Crippen LogP contribution in [0.25, 0.3) is 0 Å². The summed E-state index contributed by atoms with van der Waals surface area (Å²) in [5.74, 6) is -0.278. The number of halogens is 1. The normalized spacial score (nSPS) is 11.3. The van der Waals surface area contributed by atoms with Crippen LogP contribution >= 0.6 is 22.9 Å². The molecule has 0 aliphatic heterocycles. The topological polar surface area (TPSA) is 75.7 Å². The number of benzene rings is 1. The molecule has 0 spiro atoms. The number of likely N-dealkylation sites (N-methyl/N-ethyl adjacent to an activating group) is 1. The SMILES string of the molecule is CON(C)C(=O)Cc1sccc1NS(=O)(=O)c1cccc(Cl)c1C. The first kappa shape index (κ1) is 18.7. The zero-order valence-corrected chi connectivity index (χ0v) is 15.8. The van der Waals surface area contributed by atoms with Gasteiger partial charge in [-0.05, 0) is 36.1 Å². The summed E-state index contributed by atoms with van der Waals surface area (Å²) in [5, 5.41) is 3.19. The predicted octanol–water partition coefficient (Wildman–Crippen LogP) is 3.07. The van der Waals surface area contributed by atoms with Crippen LogP contribution in [0.2, 0.25) is 5.02 Å². The van der Waals surface area contributed by atoms with Crippen molar-refractivity contribution >= 4 is 44.6 Å². The van der Waals surface area contributed by atoms with Gasteiger partial charge < -0.3 is 0 Å². The summed E-state index contributed by atoms with van der Waals surface area (Å²) in [6.45, 7) is 1.64. The van der Waals surface area contributed by atoms with Crippen molar-refractivity contribution in [3.05, 3.63) is 45.1 Å². The number of nitrogens with one attached hydrogen (secondary N) is 1. The number of carbonyl (C=O) groups is 1. The Bertz CT molecular complexity index is 849. The molecule has 0 fully saturated rings. The van der Waals surface area contributed by atoms with Gasteiger partial charge in [-0.25, -0.2) is 13.5 Å². The third kappa shape index (κ3) is 4.07. The summed E-state index contributed by atoms with van der Waals surface area (Å²) in [7, 11) is -0.923. The highest BCUT2D eigenvalue weighted by Crippen LogP contribution is 2.28. The van der Waals surface area contributed by atoms with Crippen molar-refractivity contribution in [2.75, 3.05) is 18.9 Å². The quantitative estimate of drug-likeness (QED) is 0.771. The summed E-state index contributed by atoms with van der Waals surface area (Å²) < 4.78 is 27.8. The van der Waals surface area contributed by atoms with Gasteiger partial charge in [0, 0.05) is 16.9 Å². The fraction of sp³-hybridized carbons (Fsp3) is 0.267. The van der Waals surface area contributed by atoms with Crippen LogP contribution in [0.15, 0.2) is 34.5 Å². The molecule has 0 radical (unpaired) electrons. The Hall–Kier alpha value is -1.61. The fourth-order valence-corrected chi connectivity index (χ4v) is 4.48. The second-order valence-electron chi connectivity index (χ2n) is 4.98. The number of rotatable bonds is 6. The van der Waals surface area contributed by atoms with Crippen LogP contribution in [0, 0.1) is 6.92 Å². The summed E-state index contributed by atoms with van der Waals surface area (Å²) in [4.78, 5) is 17.5. The first-order valence-electron chi connectivity index (χ1n) is 6.91. The minimum Gasteiger partial charge on any atom is -0.278 e. The Morgan fingerprint density at radius 2 is 2.08 bits per heavy atom. The van der Waals surface area contributed by atoms with E-state index in [4.69, 9.17) is 16.4 Å². The van der Waals surface area contributed by atoms with Crippen molar-refractivity contribution in [3.8, 4) is 0 Å². The van der Waals surface area contributed by atoms with E-state index in [0.29, 0.717) is 21.2 Å². The molecule has 0 unspecified atom stereocenters. The summed E-state index contributed by atoms with van der Waals surface area (Å²) in [6.07, 6.45) is 0.0361. The summed E-state index contributed by atoms with van der Waals surface area (Å²) in [6, 6.07) is 6.32. The fourth-order valence-electron chi connectivity index (χ4n) is 2.00. The molecule has 9 heteroatoms. The van der Waals surface area contributed by atoms with Gasteiger partial charge in [-0.2, -0.15) is 0 Å². The molecule has 0 atom stereocenters. The Kier molecular flexibility index (Phi) is 5.87. The first-order valence-corrected chi connectivity index (χ1v) is 9.65. The number of sulfonamides is 1. The zero-order valence-electron chi connectivity index (χ0n) is 13.4. The number of anilines is 1. The Morgan fingerprint density at radius 3 is 2.75 bits per heavy atom.